The Morgan fingerprint density at radius 1 is 1.56 bits per heavy atom. The van der Waals surface area contributed by atoms with Crippen molar-refractivity contribution in [1.29, 1.82) is 0 Å². The lowest BCUT2D eigenvalue weighted by Crippen LogP contribution is -2.44. The van der Waals surface area contributed by atoms with Crippen molar-refractivity contribution in [2.75, 3.05) is 36.9 Å². The first-order valence-electron chi connectivity index (χ1n) is 5.23. The van der Waals surface area contributed by atoms with Crippen molar-refractivity contribution in [3.05, 3.63) is 23.2 Å². The van der Waals surface area contributed by atoms with Crippen molar-refractivity contribution < 1.29 is 9.84 Å². The molecule has 2 rings (SSSR count). The molecule has 1 saturated heterocycles. The number of aliphatic hydroxyl groups is 1. The van der Waals surface area contributed by atoms with Crippen LogP contribution in [-0.4, -0.2) is 37.5 Å². The number of aliphatic hydroxyl groups excluding tert-OH is 1. The zero-order chi connectivity index (χ0) is 11.5. The molecule has 0 aliphatic carbocycles. The summed E-state index contributed by atoms with van der Waals surface area (Å²) in [6.45, 7) is 2.02. The van der Waals surface area contributed by atoms with Crippen LogP contribution in [-0.2, 0) is 4.74 Å². The third-order valence-electron chi connectivity index (χ3n) is 2.71. The minimum Gasteiger partial charge on any atom is -0.396 e. The largest absolute Gasteiger partial charge is 0.396 e. The van der Waals surface area contributed by atoms with E-state index < -0.39 is 0 Å². The Hall–Kier alpha value is -0.970. The molecule has 1 unspecified atom stereocenters. The van der Waals surface area contributed by atoms with Crippen LogP contribution in [0.4, 0.5) is 11.4 Å². The number of benzene rings is 1. The zero-order valence-corrected chi connectivity index (χ0v) is 9.65. The highest BCUT2D eigenvalue weighted by atomic mass is 35.5. The number of morpholine rings is 1. The van der Waals surface area contributed by atoms with Crippen molar-refractivity contribution >= 4 is 23.0 Å². The molecule has 5 heteroatoms. The van der Waals surface area contributed by atoms with E-state index in [0.717, 1.165) is 12.2 Å². The van der Waals surface area contributed by atoms with E-state index in [9.17, 15) is 0 Å². The first-order valence-corrected chi connectivity index (χ1v) is 5.61. The van der Waals surface area contributed by atoms with Crippen LogP contribution in [0.15, 0.2) is 18.2 Å². The average Bonchev–Trinajstić information content (AvgIpc) is 2.33. The first kappa shape index (κ1) is 11.5. The molecule has 0 aromatic heterocycles. The van der Waals surface area contributed by atoms with Crippen LogP contribution >= 0.6 is 11.6 Å². The summed E-state index contributed by atoms with van der Waals surface area (Å²) < 4.78 is 5.38. The molecule has 4 nitrogen and oxygen atoms in total. The summed E-state index contributed by atoms with van der Waals surface area (Å²) in [5.74, 6) is 0. The molecule has 1 aliphatic rings. The topological polar surface area (TPSA) is 58.7 Å². The van der Waals surface area contributed by atoms with E-state index in [-0.39, 0.29) is 12.7 Å². The third-order valence-corrected chi connectivity index (χ3v) is 3.04. The first-order chi connectivity index (χ1) is 7.72. The molecule has 1 aliphatic heterocycles. The molecule has 1 heterocycles. The van der Waals surface area contributed by atoms with Gasteiger partial charge in [0, 0.05) is 13.1 Å². The van der Waals surface area contributed by atoms with Gasteiger partial charge in [-0.15, -0.1) is 0 Å². The van der Waals surface area contributed by atoms with Gasteiger partial charge in [0.1, 0.15) is 0 Å². The van der Waals surface area contributed by atoms with Gasteiger partial charge in [0.2, 0.25) is 0 Å². The van der Waals surface area contributed by atoms with Crippen LogP contribution in [0, 0.1) is 0 Å². The fraction of sp³-hybridized carbons (Fsp3) is 0.455. The lowest BCUT2D eigenvalue weighted by molar-refractivity contribution is 0.00360. The maximum Gasteiger partial charge on any atom is 0.0980 e. The summed E-state index contributed by atoms with van der Waals surface area (Å²) in [6, 6.07) is 5.57. The molecule has 0 amide bonds. The zero-order valence-electron chi connectivity index (χ0n) is 8.90. The highest BCUT2D eigenvalue weighted by molar-refractivity contribution is 6.33. The number of hydrogen-bond acceptors (Lipinski definition) is 4. The number of halogens is 1. The maximum absolute atomic E-state index is 9.07. The molecule has 88 valence electrons. The molecule has 0 spiro atoms. The monoisotopic (exact) mass is 242 g/mol. The molecule has 0 radical (unpaired) electrons. The standard InChI is InChI=1S/C11H15ClN2O2/c12-9-2-1-3-10(11(9)13)14-4-5-16-8(6-14)7-15/h1-3,8,15H,4-7,13H2. The molecule has 3 N–H and O–H groups in total. The number of nitrogen functional groups attached to an aromatic ring is 1. The summed E-state index contributed by atoms with van der Waals surface area (Å²) in [6.07, 6.45) is -0.146. The predicted octanol–water partition coefficient (Wildman–Crippen LogP) is 1.12. The number of rotatable bonds is 2. The van der Waals surface area contributed by atoms with Crippen molar-refractivity contribution in [2.45, 2.75) is 6.10 Å². The molecule has 1 atom stereocenters. The lowest BCUT2D eigenvalue weighted by atomic mass is 10.2. The van der Waals surface area contributed by atoms with Crippen molar-refractivity contribution in [1.82, 2.24) is 0 Å². The fourth-order valence-electron chi connectivity index (χ4n) is 1.85. The molecule has 1 aromatic rings. The molecule has 16 heavy (non-hydrogen) atoms. The van der Waals surface area contributed by atoms with Gasteiger partial charge in [0.05, 0.1) is 35.7 Å². The van der Waals surface area contributed by atoms with Gasteiger partial charge < -0.3 is 20.5 Å². The summed E-state index contributed by atoms with van der Waals surface area (Å²) in [5.41, 5.74) is 7.42. The predicted molar refractivity (Wildman–Crippen MR) is 64.9 cm³/mol. The molecule has 0 bridgehead atoms. The van der Waals surface area contributed by atoms with E-state index >= 15 is 0 Å². The summed E-state index contributed by atoms with van der Waals surface area (Å²) >= 11 is 5.97. The van der Waals surface area contributed by atoms with E-state index in [1.54, 1.807) is 6.07 Å². The molecule has 0 saturated carbocycles. The second-order valence-corrected chi connectivity index (χ2v) is 4.20. The SMILES string of the molecule is Nc1c(Cl)cccc1N1CCOC(CO)C1. The minimum absolute atomic E-state index is 0.0248. The smallest absolute Gasteiger partial charge is 0.0980 e. The summed E-state index contributed by atoms with van der Waals surface area (Å²) in [5, 5.41) is 9.63. The van der Waals surface area contributed by atoms with Gasteiger partial charge in [-0.05, 0) is 12.1 Å². The number of ether oxygens (including phenoxy) is 1. The van der Waals surface area contributed by atoms with Crippen LogP contribution < -0.4 is 10.6 Å². The number of anilines is 2. The Labute approximate surface area is 99.6 Å². The minimum atomic E-state index is -0.146. The Morgan fingerprint density at radius 2 is 2.38 bits per heavy atom. The van der Waals surface area contributed by atoms with Crippen molar-refractivity contribution in [3.8, 4) is 0 Å². The van der Waals surface area contributed by atoms with Crippen molar-refractivity contribution in [3.63, 3.8) is 0 Å². The Kier molecular flexibility index (Phi) is 3.53. The molecular formula is C11H15ClN2O2. The Balaban J connectivity index is 2.20. The normalized spacial score (nSPS) is 21.1. The van der Waals surface area contributed by atoms with Gasteiger partial charge in [-0.2, -0.15) is 0 Å². The average molecular weight is 243 g/mol. The van der Waals surface area contributed by atoms with Gasteiger partial charge in [0.25, 0.3) is 0 Å². The van der Waals surface area contributed by atoms with Crippen LogP contribution in [0.3, 0.4) is 0 Å². The quantitative estimate of drug-likeness (QED) is 0.763. The van der Waals surface area contributed by atoms with Gasteiger partial charge in [0.15, 0.2) is 0 Å². The number of nitrogens with zero attached hydrogens (tertiary/aromatic N) is 1. The fourth-order valence-corrected chi connectivity index (χ4v) is 2.02. The van der Waals surface area contributed by atoms with E-state index in [1.165, 1.54) is 0 Å². The van der Waals surface area contributed by atoms with Crippen LogP contribution in [0.1, 0.15) is 0 Å². The van der Waals surface area contributed by atoms with Gasteiger partial charge in [-0.3, -0.25) is 0 Å². The summed E-state index contributed by atoms with van der Waals surface area (Å²) in [7, 11) is 0. The highest BCUT2D eigenvalue weighted by Crippen LogP contribution is 2.30. The highest BCUT2D eigenvalue weighted by Gasteiger charge is 2.21. The number of para-hydroxylation sites is 1. The van der Waals surface area contributed by atoms with Crippen LogP contribution in [0.5, 0.6) is 0 Å². The van der Waals surface area contributed by atoms with Crippen molar-refractivity contribution in [2.24, 2.45) is 0 Å². The van der Waals surface area contributed by atoms with Gasteiger partial charge in [-0.1, -0.05) is 17.7 Å². The number of nitrogens with two attached hydrogens (primary N) is 1. The second-order valence-electron chi connectivity index (χ2n) is 3.79. The molecular weight excluding hydrogens is 228 g/mol. The summed E-state index contributed by atoms with van der Waals surface area (Å²) in [4.78, 5) is 2.09. The van der Waals surface area contributed by atoms with Gasteiger partial charge in [-0.25, -0.2) is 0 Å². The van der Waals surface area contributed by atoms with E-state index in [4.69, 9.17) is 27.2 Å². The third kappa shape index (κ3) is 2.24. The van der Waals surface area contributed by atoms with Crippen LogP contribution in [0.25, 0.3) is 0 Å². The van der Waals surface area contributed by atoms with Crippen LogP contribution in [0.2, 0.25) is 5.02 Å². The second kappa shape index (κ2) is 4.91. The van der Waals surface area contributed by atoms with E-state index in [2.05, 4.69) is 4.90 Å². The maximum atomic E-state index is 9.07. The van der Waals surface area contributed by atoms with E-state index in [1.807, 2.05) is 12.1 Å². The molecule has 1 aromatic carbocycles. The molecule has 1 fully saturated rings. The lowest BCUT2D eigenvalue weighted by Gasteiger charge is -2.34. The van der Waals surface area contributed by atoms with Gasteiger partial charge >= 0.3 is 0 Å². The van der Waals surface area contributed by atoms with E-state index in [0.29, 0.717) is 23.9 Å². The number of hydrogen-bond donors (Lipinski definition) is 2. The Morgan fingerprint density at radius 3 is 3.12 bits per heavy atom. The Bertz CT molecular complexity index is 373.